The van der Waals surface area contributed by atoms with E-state index in [4.69, 9.17) is 10.5 Å². The van der Waals surface area contributed by atoms with E-state index in [1.54, 1.807) is 7.11 Å². The zero-order valence-electron chi connectivity index (χ0n) is 9.22. The monoisotopic (exact) mass is 285 g/mol. The van der Waals surface area contributed by atoms with Gasteiger partial charge in [-0.1, -0.05) is 12.1 Å². The molecule has 1 aromatic rings. The lowest BCUT2D eigenvalue weighted by molar-refractivity contribution is 0.413. The topological polar surface area (TPSA) is 50.8 Å². The quantitative estimate of drug-likeness (QED) is 0.914. The third-order valence-corrected chi connectivity index (χ3v) is 2.50. The fourth-order valence-corrected chi connectivity index (χ4v) is 1.61. The minimum absolute atomic E-state index is 0. The molecule has 0 aliphatic carbocycles. The molecule has 0 aromatic heterocycles. The predicted molar refractivity (Wildman–Crippen MR) is 70.2 cm³/mol. The number of rotatable bonds is 3. The Morgan fingerprint density at radius 1 is 1.38 bits per heavy atom. The molecule has 0 fully saturated rings. The van der Waals surface area contributed by atoms with Crippen LogP contribution in [0, 0.1) is 0 Å². The number of guanidine groups is 1. The molecule has 1 heterocycles. The van der Waals surface area contributed by atoms with Gasteiger partial charge in [-0.05, 0) is 17.7 Å². The number of nitrogens with zero attached hydrogens (tertiary/aromatic N) is 2. The second kappa shape index (κ2) is 5.75. The molecule has 16 heavy (non-hydrogen) atoms. The van der Waals surface area contributed by atoms with Crippen LogP contribution in [0.15, 0.2) is 29.3 Å². The highest BCUT2D eigenvalue weighted by molar-refractivity contribution is 8.93. The third-order valence-electron chi connectivity index (χ3n) is 2.50. The van der Waals surface area contributed by atoms with Gasteiger partial charge in [-0.3, -0.25) is 4.99 Å². The summed E-state index contributed by atoms with van der Waals surface area (Å²) in [5.74, 6) is 1.52. The van der Waals surface area contributed by atoms with Crippen LogP contribution < -0.4 is 10.5 Å². The number of hydrogen-bond acceptors (Lipinski definition) is 4. The largest absolute Gasteiger partial charge is 0.497 e. The third kappa shape index (κ3) is 2.88. The molecular formula is C11H16BrN3O. The number of aliphatic imine (C=N–C) groups is 1. The standard InChI is InChI=1S/C11H15N3O.BrH/c1-15-10-4-2-9(3-5-10)8-14-7-6-13-11(14)12;/h2-5H,6-8H2,1H3,(H2,12,13);1H. The SMILES string of the molecule is Br.COc1ccc(CN2CCN=C2N)cc1. The van der Waals surface area contributed by atoms with Crippen LogP contribution in [0.1, 0.15) is 5.56 Å². The number of halogens is 1. The lowest BCUT2D eigenvalue weighted by atomic mass is 10.2. The van der Waals surface area contributed by atoms with E-state index in [-0.39, 0.29) is 17.0 Å². The normalized spacial score (nSPS) is 14.3. The van der Waals surface area contributed by atoms with Gasteiger partial charge in [0.05, 0.1) is 13.7 Å². The van der Waals surface area contributed by atoms with E-state index in [1.165, 1.54) is 5.56 Å². The van der Waals surface area contributed by atoms with Gasteiger partial charge in [0.25, 0.3) is 0 Å². The summed E-state index contributed by atoms with van der Waals surface area (Å²) in [6.45, 7) is 2.54. The van der Waals surface area contributed by atoms with Crippen LogP contribution >= 0.6 is 17.0 Å². The van der Waals surface area contributed by atoms with Gasteiger partial charge in [-0.25, -0.2) is 0 Å². The van der Waals surface area contributed by atoms with Crippen molar-refractivity contribution >= 4 is 22.9 Å². The van der Waals surface area contributed by atoms with Gasteiger partial charge in [0, 0.05) is 13.1 Å². The molecule has 88 valence electrons. The van der Waals surface area contributed by atoms with Crippen molar-refractivity contribution in [2.24, 2.45) is 10.7 Å². The van der Waals surface area contributed by atoms with E-state index in [0.717, 1.165) is 25.4 Å². The number of ether oxygens (including phenoxy) is 1. The average molecular weight is 286 g/mol. The zero-order chi connectivity index (χ0) is 10.7. The van der Waals surface area contributed by atoms with Crippen molar-refractivity contribution in [3.8, 4) is 5.75 Å². The predicted octanol–water partition coefficient (Wildman–Crippen LogP) is 1.40. The minimum atomic E-state index is 0. The summed E-state index contributed by atoms with van der Waals surface area (Å²) < 4.78 is 5.10. The van der Waals surface area contributed by atoms with Crippen molar-refractivity contribution in [3.05, 3.63) is 29.8 Å². The van der Waals surface area contributed by atoms with Gasteiger partial charge >= 0.3 is 0 Å². The number of hydrogen-bond donors (Lipinski definition) is 1. The number of benzene rings is 1. The fourth-order valence-electron chi connectivity index (χ4n) is 1.61. The lowest BCUT2D eigenvalue weighted by Crippen LogP contribution is -2.33. The summed E-state index contributed by atoms with van der Waals surface area (Å²) in [7, 11) is 1.67. The molecule has 0 unspecified atom stereocenters. The molecule has 2 rings (SSSR count). The smallest absolute Gasteiger partial charge is 0.191 e. The Morgan fingerprint density at radius 3 is 2.56 bits per heavy atom. The van der Waals surface area contributed by atoms with E-state index >= 15 is 0 Å². The summed E-state index contributed by atoms with van der Waals surface area (Å²) in [5, 5.41) is 0. The molecule has 2 N–H and O–H groups in total. The van der Waals surface area contributed by atoms with Crippen LogP contribution in [0.5, 0.6) is 5.75 Å². The van der Waals surface area contributed by atoms with Crippen molar-refractivity contribution in [2.45, 2.75) is 6.54 Å². The molecule has 5 heteroatoms. The molecule has 1 aliphatic heterocycles. The first-order valence-corrected chi connectivity index (χ1v) is 4.97. The van der Waals surface area contributed by atoms with Crippen molar-refractivity contribution in [1.82, 2.24) is 4.90 Å². The maximum absolute atomic E-state index is 5.73. The van der Waals surface area contributed by atoms with Crippen LogP contribution in [-0.4, -0.2) is 31.1 Å². The second-order valence-electron chi connectivity index (χ2n) is 3.51. The molecule has 0 spiro atoms. The highest BCUT2D eigenvalue weighted by Crippen LogP contribution is 2.13. The number of nitrogens with two attached hydrogens (primary N) is 1. The minimum Gasteiger partial charge on any atom is -0.497 e. The van der Waals surface area contributed by atoms with Crippen molar-refractivity contribution < 1.29 is 4.74 Å². The van der Waals surface area contributed by atoms with Gasteiger partial charge in [0.1, 0.15) is 5.75 Å². The van der Waals surface area contributed by atoms with Crippen molar-refractivity contribution in [1.29, 1.82) is 0 Å². The Balaban J connectivity index is 0.00000128. The van der Waals surface area contributed by atoms with Gasteiger partial charge in [0.2, 0.25) is 0 Å². The zero-order valence-corrected chi connectivity index (χ0v) is 10.9. The van der Waals surface area contributed by atoms with Crippen LogP contribution in [0.3, 0.4) is 0 Å². The Labute approximate surface area is 106 Å². The Morgan fingerprint density at radius 2 is 2.06 bits per heavy atom. The molecule has 0 atom stereocenters. The molecule has 0 radical (unpaired) electrons. The molecule has 0 saturated carbocycles. The summed E-state index contributed by atoms with van der Waals surface area (Å²) in [5.41, 5.74) is 6.95. The van der Waals surface area contributed by atoms with E-state index in [1.807, 2.05) is 24.3 Å². The number of methoxy groups -OCH3 is 1. The van der Waals surface area contributed by atoms with Crippen LogP contribution in [0.4, 0.5) is 0 Å². The Bertz CT molecular complexity index is 364. The first-order chi connectivity index (χ1) is 7.29. The molecule has 0 saturated heterocycles. The Kier molecular flexibility index (Phi) is 4.61. The molecule has 1 aliphatic rings. The van der Waals surface area contributed by atoms with Crippen LogP contribution in [-0.2, 0) is 6.54 Å². The van der Waals surface area contributed by atoms with Crippen LogP contribution in [0.25, 0.3) is 0 Å². The molecule has 0 amide bonds. The van der Waals surface area contributed by atoms with Gasteiger partial charge in [0.15, 0.2) is 5.96 Å². The van der Waals surface area contributed by atoms with E-state index < -0.39 is 0 Å². The summed E-state index contributed by atoms with van der Waals surface area (Å²) in [6, 6.07) is 8.01. The fraction of sp³-hybridized carbons (Fsp3) is 0.364. The van der Waals surface area contributed by atoms with Crippen molar-refractivity contribution in [2.75, 3.05) is 20.2 Å². The Hall–Kier alpha value is -1.23. The van der Waals surface area contributed by atoms with E-state index in [0.29, 0.717) is 5.96 Å². The van der Waals surface area contributed by atoms with E-state index in [9.17, 15) is 0 Å². The van der Waals surface area contributed by atoms with Crippen molar-refractivity contribution in [3.63, 3.8) is 0 Å². The van der Waals surface area contributed by atoms with Gasteiger partial charge < -0.3 is 15.4 Å². The summed E-state index contributed by atoms with van der Waals surface area (Å²) in [6.07, 6.45) is 0. The summed E-state index contributed by atoms with van der Waals surface area (Å²) in [4.78, 5) is 6.21. The van der Waals surface area contributed by atoms with Gasteiger partial charge in [-0.15, -0.1) is 17.0 Å². The summed E-state index contributed by atoms with van der Waals surface area (Å²) >= 11 is 0. The molecule has 4 nitrogen and oxygen atoms in total. The average Bonchev–Trinajstić information content (AvgIpc) is 2.66. The highest BCUT2D eigenvalue weighted by Gasteiger charge is 2.13. The maximum atomic E-state index is 5.73. The lowest BCUT2D eigenvalue weighted by Gasteiger charge is -2.17. The second-order valence-corrected chi connectivity index (χ2v) is 3.51. The first kappa shape index (κ1) is 12.8. The van der Waals surface area contributed by atoms with Gasteiger partial charge in [-0.2, -0.15) is 0 Å². The first-order valence-electron chi connectivity index (χ1n) is 4.97. The molecular weight excluding hydrogens is 270 g/mol. The molecule has 0 bridgehead atoms. The molecule has 1 aromatic carbocycles. The van der Waals surface area contributed by atoms with E-state index in [2.05, 4.69) is 9.89 Å². The van der Waals surface area contributed by atoms with Crippen LogP contribution in [0.2, 0.25) is 0 Å². The highest BCUT2D eigenvalue weighted by atomic mass is 79.9. The maximum Gasteiger partial charge on any atom is 0.191 e.